The molecular weight excluding hydrogens is 280 g/mol. The fourth-order valence-electron chi connectivity index (χ4n) is 2.83. The number of carbonyl (C=O) groups is 2. The summed E-state index contributed by atoms with van der Waals surface area (Å²) in [5.74, 6) is -0.592. The minimum Gasteiger partial charge on any atom is -0.481 e. The largest absolute Gasteiger partial charge is 0.481 e. The lowest BCUT2D eigenvalue weighted by Crippen LogP contribution is -2.43. The summed E-state index contributed by atoms with van der Waals surface area (Å²) in [6.45, 7) is 6.55. The van der Waals surface area contributed by atoms with Crippen LogP contribution >= 0.6 is 0 Å². The Morgan fingerprint density at radius 2 is 1.91 bits per heavy atom. The van der Waals surface area contributed by atoms with E-state index in [1.807, 2.05) is 30.3 Å². The van der Waals surface area contributed by atoms with E-state index in [9.17, 15) is 14.7 Å². The molecule has 0 bridgehead atoms. The molecule has 2 N–H and O–H groups in total. The van der Waals surface area contributed by atoms with Crippen LogP contribution in [0.1, 0.15) is 38.8 Å². The number of rotatable bonds is 4. The van der Waals surface area contributed by atoms with Crippen molar-refractivity contribution in [1.29, 1.82) is 0 Å². The molecule has 1 fully saturated rings. The van der Waals surface area contributed by atoms with Gasteiger partial charge in [-0.25, -0.2) is 4.79 Å². The van der Waals surface area contributed by atoms with Gasteiger partial charge in [0.25, 0.3) is 0 Å². The Kier molecular flexibility index (Phi) is 4.74. The van der Waals surface area contributed by atoms with Crippen LogP contribution in [-0.2, 0) is 4.79 Å². The van der Waals surface area contributed by atoms with E-state index < -0.39 is 11.4 Å². The van der Waals surface area contributed by atoms with Crippen LogP contribution in [0, 0.1) is 11.3 Å². The molecule has 0 aromatic heterocycles. The highest BCUT2D eigenvalue weighted by molar-refractivity contribution is 5.79. The summed E-state index contributed by atoms with van der Waals surface area (Å²) in [4.78, 5) is 25.4. The molecule has 0 aliphatic carbocycles. The number of nitrogens with one attached hydrogen (secondary N) is 1. The van der Waals surface area contributed by atoms with Crippen molar-refractivity contribution in [3.63, 3.8) is 0 Å². The van der Waals surface area contributed by atoms with Crippen molar-refractivity contribution in [3.8, 4) is 0 Å². The third kappa shape index (κ3) is 3.40. The lowest BCUT2D eigenvalue weighted by Gasteiger charge is -2.27. The summed E-state index contributed by atoms with van der Waals surface area (Å²) < 4.78 is 0. The molecule has 0 radical (unpaired) electrons. The van der Waals surface area contributed by atoms with E-state index in [2.05, 4.69) is 19.2 Å². The summed E-state index contributed by atoms with van der Waals surface area (Å²) in [6.07, 6.45) is 0.493. The average Bonchev–Trinajstić information content (AvgIpc) is 2.89. The monoisotopic (exact) mass is 304 g/mol. The molecule has 2 unspecified atom stereocenters. The molecule has 1 heterocycles. The number of aliphatic carboxylic acids is 1. The number of hydrogen-bond acceptors (Lipinski definition) is 2. The van der Waals surface area contributed by atoms with E-state index in [1.165, 1.54) is 0 Å². The SMILES string of the molecule is CC(C)C(NC(=O)N1CCC(C)(C(=O)O)C1)c1ccccc1. The first-order chi connectivity index (χ1) is 10.3. The quantitative estimate of drug-likeness (QED) is 0.898. The summed E-state index contributed by atoms with van der Waals surface area (Å²) in [6, 6.07) is 9.58. The number of benzene rings is 1. The van der Waals surface area contributed by atoms with Crippen LogP contribution in [0.4, 0.5) is 4.79 Å². The van der Waals surface area contributed by atoms with E-state index in [0.29, 0.717) is 13.0 Å². The van der Waals surface area contributed by atoms with Crippen molar-refractivity contribution >= 4 is 12.0 Å². The summed E-state index contributed by atoms with van der Waals surface area (Å²) in [7, 11) is 0. The van der Waals surface area contributed by atoms with Crippen LogP contribution < -0.4 is 5.32 Å². The molecule has 2 amide bonds. The molecule has 5 heteroatoms. The van der Waals surface area contributed by atoms with Crippen molar-refractivity contribution in [2.45, 2.75) is 33.2 Å². The Morgan fingerprint density at radius 1 is 1.27 bits per heavy atom. The van der Waals surface area contributed by atoms with E-state index in [4.69, 9.17) is 0 Å². The van der Waals surface area contributed by atoms with Crippen LogP contribution in [0.15, 0.2) is 30.3 Å². The molecule has 0 spiro atoms. The summed E-state index contributed by atoms with van der Waals surface area (Å²) >= 11 is 0. The molecule has 120 valence electrons. The average molecular weight is 304 g/mol. The third-order valence-corrected chi connectivity index (χ3v) is 4.38. The Bertz CT molecular complexity index is 544. The van der Waals surface area contributed by atoms with Gasteiger partial charge in [-0.3, -0.25) is 4.79 Å². The van der Waals surface area contributed by atoms with Gasteiger partial charge in [0.15, 0.2) is 0 Å². The second-order valence-corrected chi connectivity index (χ2v) is 6.62. The molecule has 1 saturated heterocycles. The van der Waals surface area contributed by atoms with E-state index in [0.717, 1.165) is 5.56 Å². The van der Waals surface area contributed by atoms with Crippen molar-refractivity contribution in [1.82, 2.24) is 10.2 Å². The third-order valence-electron chi connectivity index (χ3n) is 4.38. The molecular formula is C17H24N2O3. The Hall–Kier alpha value is -2.04. The number of hydrogen-bond donors (Lipinski definition) is 2. The zero-order valence-electron chi connectivity index (χ0n) is 13.4. The number of amides is 2. The highest BCUT2D eigenvalue weighted by Gasteiger charge is 2.42. The van der Waals surface area contributed by atoms with Crippen molar-refractivity contribution in [2.75, 3.05) is 13.1 Å². The normalized spacial score (nSPS) is 22.6. The molecule has 1 aliphatic heterocycles. The molecule has 2 rings (SSSR count). The topological polar surface area (TPSA) is 69.6 Å². The van der Waals surface area contributed by atoms with Crippen molar-refractivity contribution in [3.05, 3.63) is 35.9 Å². The van der Waals surface area contributed by atoms with Crippen LogP contribution in [0.2, 0.25) is 0 Å². The summed E-state index contributed by atoms with van der Waals surface area (Å²) in [5, 5.41) is 12.3. The maximum Gasteiger partial charge on any atom is 0.317 e. The van der Waals surface area contributed by atoms with Gasteiger partial charge in [-0.15, -0.1) is 0 Å². The lowest BCUT2D eigenvalue weighted by atomic mass is 9.90. The number of carboxylic acid groups (broad SMARTS) is 1. The molecule has 1 aromatic rings. The van der Waals surface area contributed by atoms with Gasteiger partial charge < -0.3 is 15.3 Å². The first-order valence-electron chi connectivity index (χ1n) is 7.67. The number of likely N-dealkylation sites (tertiary alicyclic amines) is 1. The maximum absolute atomic E-state index is 12.5. The summed E-state index contributed by atoms with van der Waals surface area (Å²) in [5.41, 5.74) is 0.225. The van der Waals surface area contributed by atoms with E-state index in [1.54, 1.807) is 11.8 Å². The zero-order chi connectivity index (χ0) is 16.3. The van der Waals surface area contributed by atoms with Gasteiger partial charge in [0, 0.05) is 13.1 Å². The fraction of sp³-hybridized carbons (Fsp3) is 0.529. The second kappa shape index (κ2) is 6.38. The second-order valence-electron chi connectivity index (χ2n) is 6.62. The van der Waals surface area contributed by atoms with Gasteiger partial charge in [0.1, 0.15) is 0 Å². The van der Waals surface area contributed by atoms with Gasteiger partial charge in [0.2, 0.25) is 0 Å². The molecule has 2 atom stereocenters. The van der Waals surface area contributed by atoms with Gasteiger partial charge in [0.05, 0.1) is 11.5 Å². The highest BCUT2D eigenvalue weighted by atomic mass is 16.4. The van der Waals surface area contributed by atoms with Crippen LogP contribution in [0.5, 0.6) is 0 Å². The predicted molar refractivity (Wildman–Crippen MR) is 84.5 cm³/mol. The maximum atomic E-state index is 12.5. The fourth-order valence-corrected chi connectivity index (χ4v) is 2.83. The van der Waals surface area contributed by atoms with Crippen LogP contribution in [0.3, 0.4) is 0 Å². The van der Waals surface area contributed by atoms with Gasteiger partial charge >= 0.3 is 12.0 Å². The van der Waals surface area contributed by atoms with Crippen molar-refractivity contribution in [2.24, 2.45) is 11.3 Å². The van der Waals surface area contributed by atoms with Gasteiger partial charge in [-0.1, -0.05) is 44.2 Å². The molecule has 1 aromatic carbocycles. The van der Waals surface area contributed by atoms with Crippen LogP contribution in [-0.4, -0.2) is 35.1 Å². The smallest absolute Gasteiger partial charge is 0.317 e. The standard InChI is InChI=1S/C17H24N2O3/c1-12(2)14(13-7-5-4-6-8-13)18-16(22)19-10-9-17(3,11-19)15(20)21/h4-8,12,14H,9-11H2,1-3H3,(H,18,22)(H,20,21). The molecule has 22 heavy (non-hydrogen) atoms. The molecule has 1 aliphatic rings. The van der Waals surface area contributed by atoms with Gasteiger partial charge in [-0.05, 0) is 24.8 Å². The highest BCUT2D eigenvalue weighted by Crippen LogP contribution is 2.30. The number of nitrogens with zero attached hydrogens (tertiary/aromatic N) is 1. The number of urea groups is 1. The van der Waals surface area contributed by atoms with E-state index in [-0.39, 0.29) is 24.5 Å². The minimum absolute atomic E-state index is 0.0783. The van der Waals surface area contributed by atoms with E-state index >= 15 is 0 Å². The Labute approximate surface area is 131 Å². The number of carboxylic acids is 1. The molecule has 5 nitrogen and oxygen atoms in total. The Balaban J connectivity index is 2.06. The minimum atomic E-state index is -0.841. The first-order valence-corrected chi connectivity index (χ1v) is 7.67. The zero-order valence-corrected chi connectivity index (χ0v) is 13.4. The van der Waals surface area contributed by atoms with Gasteiger partial charge in [-0.2, -0.15) is 0 Å². The van der Waals surface area contributed by atoms with Crippen molar-refractivity contribution < 1.29 is 14.7 Å². The molecule has 0 saturated carbocycles. The lowest BCUT2D eigenvalue weighted by molar-refractivity contribution is -0.147. The first kappa shape index (κ1) is 16.3. The Morgan fingerprint density at radius 3 is 2.41 bits per heavy atom. The predicted octanol–water partition coefficient (Wildman–Crippen LogP) is 2.89. The van der Waals surface area contributed by atoms with Crippen LogP contribution in [0.25, 0.3) is 0 Å². The number of carbonyl (C=O) groups excluding carboxylic acids is 1.